The molecule has 0 N–H and O–H groups in total. The molecule has 0 amide bonds. The fourth-order valence-corrected chi connectivity index (χ4v) is 1.93. The molecule has 3 heteroatoms. The first kappa shape index (κ1) is 11.4. The number of piperidine rings is 1. The summed E-state index contributed by atoms with van der Waals surface area (Å²) >= 11 is 0. The monoisotopic (exact) mass is 198 g/mol. The van der Waals surface area contributed by atoms with E-state index in [1.165, 1.54) is 6.92 Å². The lowest BCUT2D eigenvalue weighted by molar-refractivity contribution is -0.896. The van der Waals surface area contributed by atoms with Crippen molar-refractivity contribution in [3.8, 4) is 0 Å². The van der Waals surface area contributed by atoms with Crippen LogP contribution in [0.25, 0.3) is 0 Å². The van der Waals surface area contributed by atoms with E-state index in [1.54, 1.807) is 0 Å². The van der Waals surface area contributed by atoms with Gasteiger partial charge in [0.2, 0.25) is 0 Å². The molecule has 0 aromatic heterocycles. The zero-order valence-electron chi connectivity index (χ0n) is 9.38. The number of hydrogen-bond donors (Lipinski definition) is 0. The Morgan fingerprint density at radius 2 is 1.71 bits per heavy atom. The summed E-state index contributed by atoms with van der Waals surface area (Å²) in [5.41, 5.74) is 0. The summed E-state index contributed by atoms with van der Waals surface area (Å²) in [7, 11) is 4.42. The van der Waals surface area contributed by atoms with Crippen molar-refractivity contribution in [3.63, 3.8) is 0 Å². The lowest BCUT2D eigenvalue weighted by Crippen LogP contribution is -2.46. The Labute approximate surface area is 85.7 Å². The predicted octanol–water partition coefficient (Wildman–Crippen LogP) is 1.02. The Kier molecular flexibility index (Phi) is 3.43. The van der Waals surface area contributed by atoms with Gasteiger partial charge in [0, 0.05) is 26.2 Å². The van der Waals surface area contributed by atoms with Crippen molar-refractivity contribution in [2.24, 2.45) is 5.92 Å². The molecule has 0 aliphatic carbocycles. The maximum absolute atomic E-state index is 11.2. The number of quaternary nitrogens is 1. The van der Waals surface area contributed by atoms with E-state index >= 15 is 0 Å². The number of ketones is 2. The first-order valence-electron chi connectivity index (χ1n) is 5.26. The molecule has 0 bridgehead atoms. The molecule has 1 saturated heterocycles. The molecule has 14 heavy (non-hydrogen) atoms. The molecule has 3 nitrogen and oxygen atoms in total. The summed E-state index contributed by atoms with van der Waals surface area (Å²) in [4.78, 5) is 22.0. The topological polar surface area (TPSA) is 34.1 Å². The van der Waals surface area contributed by atoms with Crippen LogP contribution in [0.3, 0.4) is 0 Å². The second-order valence-electron chi connectivity index (χ2n) is 5.01. The second kappa shape index (κ2) is 4.22. The van der Waals surface area contributed by atoms with Crippen LogP contribution in [0.5, 0.6) is 0 Å². The van der Waals surface area contributed by atoms with Gasteiger partial charge in [-0.05, 0) is 5.92 Å². The van der Waals surface area contributed by atoms with Crippen molar-refractivity contribution >= 4 is 11.6 Å². The Morgan fingerprint density at radius 1 is 1.21 bits per heavy atom. The van der Waals surface area contributed by atoms with Gasteiger partial charge in [-0.1, -0.05) is 0 Å². The van der Waals surface area contributed by atoms with Crippen LogP contribution in [0.4, 0.5) is 0 Å². The van der Waals surface area contributed by atoms with Gasteiger partial charge in [-0.15, -0.1) is 0 Å². The van der Waals surface area contributed by atoms with Gasteiger partial charge in [0.15, 0.2) is 11.6 Å². The molecule has 1 heterocycles. The van der Waals surface area contributed by atoms with Gasteiger partial charge in [0.1, 0.15) is 0 Å². The molecule has 0 aromatic carbocycles. The number of rotatable bonds is 3. The van der Waals surface area contributed by atoms with Gasteiger partial charge in [0.05, 0.1) is 27.2 Å². The molecule has 0 unspecified atom stereocenters. The summed E-state index contributed by atoms with van der Waals surface area (Å²) < 4.78 is 1.05. The molecular weight excluding hydrogens is 178 g/mol. The number of Topliss-reactive ketones (excluding diaryl/α,β-unsaturated/α-hetero) is 2. The van der Waals surface area contributed by atoms with Crippen LogP contribution in [0.1, 0.15) is 26.2 Å². The van der Waals surface area contributed by atoms with E-state index in [1.807, 2.05) is 0 Å². The van der Waals surface area contributed by atoms with E-state index in [4.69, 9.17) is 0 Å². The molecule has 1 aliphatic rings. The first-order chi connectivity index (χ1) is 6.41. The van der Waals surface area contributed by atoms with Gasteiger partial charge in [0.25, 0.3) is 0 Å². The minimum absolute atomic E-state index is 0.192. The minimum atomic E-state index is -0.288. The largest absolute Gasteiger partial charge is 0.328 e. The highest BCUT2D eigenvalue weighted by Crippen LogP contribution is 2.23. The van der Waals surface area contributed by atoms with Crippen LogP contribution >= 0.6 is 0 Å². The van der Waals surface area contributed by atoms with Crippen molar-refractivity contribution in [1.82, 2.24) is 0 Å². The molecule has 0 saturated carbocycles. The number of hydrogen-bond acceptors (Lipinski definition) is 2. The lowest BCUT2D eigenvalue weighted by atomic mass is 9.90. The van der Waals surface area contributed by atoms with Gasteiger partial charge >= 0.3 is 0 Å². The van der Waals surface area contributed by atoms with Crippen molar-refractivity contribution < 1.29 is 14.1 Å². The number of carbonyl (C=O) groups is 2. The van der Waals surface area contributed by atoms with Crippen molar-refractivity contribution in [3.05, 3.63) is 0 Å². The molecule has 0 aromatic rings. The van der Waals surface area contributed by atoms with Crippen molar-refractivity contribution in [2.75, 3.05) is 27.2 Å². The van der Waals surface area contributed by atoms with Crippen molar-refractivity contribution in [2.45, 2.75) is 26.2 Å². The molecule has 1 aliphatic heterocycles. The number of carbonyl (C=O) groups excluding carboxylic acids is 2. The second-order valence-corrected chi connectivity index (χ2v) is 5.01. The van der Waals surface area contributed by atoms with E-state index in [-0.39, 0.29) is 11.6 Å². The summed E-state index contributed by atoms with van der Waals surface area (Å²) in [6.07, 6.45) is 2.62. The Hall–Kier alpha value is -0.700. The lowest BCUT2D eigenvalue weighted by Gasteiger charge is -2.36. The van der Waals surface area contributed by atoms with E-state index in [0.717, 1.165) is 30.4 Å². The Balaban J connectivity index is 2.36. The van der Waals surface area contributed by atoms with Gasteiger partial charge < -0.3 is 4.48 Å². The van der Waals surface area contributed by atoms with E-state index < -0.39 is 0 Å². The zero-order chi connectivity index (χ0) is 10.8. The highest BCUT2D eigenvalue weighted by molar-refractivity contribution is 6.36. The summed E-state index contributed by atoms with van der Waals surface area (Å²) in [5, 5.41) is 0. The van der Waals surface area contributed by atoms with Crippen LogP contribution in [-0.4, -0.2) is 43.2 Å². The Morgan fingerprint density at radius 3 is 2.14 bits per heavy atom. The molecule has 1 fully saturated rings. The molecule has 0 spiro atoms. The van der Waals surface area contributed by atoms with Crippen LogP contribution in [-0.2, 0) is 9.59 Å². The molecule has 0 radical (unpaired) electrons. The highest BCUT2D eigenvalue weighted by atomic mass is 16.2. The predicted molar refractivity (Wildman–Crippen MR) is 54.9 cm³/mol. The number of nitrogens with zero attached hydrogens (tertiary/aromatic N) is 1. The fourth-order valence-electron chi connectivity index (χ4n) is 1.93. The van der Waals surface area contributed by atoms with E-state index in [0.29, 0.717) is 12.3 Å². The third-order valence-corrected chi connectivity index (χ3v) is 3.15. The molecule has 1 rings (SSSR count). The first-order valence-corrected chi connectivity index (χ1v) is 5.26. The smallest absolute Gasteiger partial charge is 0.198 e. The maximum Gasteiger partial charge on any atom is 0.198 e. The van der Waals surface area contributed by atoms with Crippen LogP contribution < -0.4 is 0 Å². The molecular formula is C11H20NO2+. The summed E-state index contributed by atoms with van der Waals surface area (Å²) in [5.74, 6) is -0.0379. The molecule has 0 atom stereocenters. The summed E-state index contributed by atoms with van der Waals surface area (Å²) in [6, 6.07) is 0. The Bertz CT molecular complexity index is 236. The quantitative estimate of drug-likeness (QED) is 0.501. The average molecular weight is 198 g/mol. The average Bonchev–Trinajstić information content (AvgIpc) is 2.08. The number of likely N-dealkylation sites (tertiary alicyclic amines) is 1. The third kappa shape index (κ3) is 3.22. The third-order valence-electron chi connectivity index (χ3n) is 3.15. The van der Waals surface area contributed by atoms with Gasteiger partial charge in [-0.3, -0.25) is 9.59 Å². The van der Waals surface area contributed by atoms with E-state index in [2.05, 4.69) is 14.1 Å². The van der Waals surface area contributed by atoms with Gasteiger partial charge in [-0.25, -0.2) is 0 Å². The van der Waals surface area contributed by atoms with Crippen molar-refractivity contribution in [1.29, 1.82) is 0 Å². The zero-order valence-corrected chi connectivity index (χ0v) is 9.38. The van der Waals surface area contributed by atoms with Crippen LogP contribution in [0.2, 0.25) is 0 Å². The van der Waals surface area contributed by atoms with Gasteiger partial charge in [-0.2, -0.15) is 0 Å². The van der Waals surface area contributed by atoms with E-state index in [9.17, 15) is 9.59 Å². The summed E-state index contributed by atoms with van der Waals surface area (Å²) in [6.45, 7) is 3.61. The maximum atomic E-state index is 11.2. The van der Waals surface area contributed by atoms with Crippen LogP contribution in [0.15, 0.2) is 0 Å². The minimum Gasteiger partial charge on any atom is -0.328 e. The highest BCUT2D eigenvalue weighted by Gasteiger charge is 2.28. The SMILES string of the molecule is CC(=O)C(=O)CC1CC[N+](C)(C)CC1. The fraction of sp³-hybridized carbons (Fsp3) is 0.818. The standard InChI is InChI=1S/C11H20NO2/c1-9(13)11(14)8-10-4-6-12(2,3)7-5-10/h10H,4-8H2,1-3H3/q+1. The normalized spacial score (nSPS) is 21.9. The van der Waals surface area contributed by atoms with Crippen LogP contribution in [0, 0.1) is 5.92 Å². The molecule has 80 valence electrons.